The Hall–Kier alpha value is -9.03. The monoisotopic (exact) mass is 1700 g/mol. The first-order valence-electron chi connectivity index (χ1n) is 45.8. The second-order valence-electron chi connectivity index (χ2n) is 26.2. The molecule has 0 spiro atoms. The van der Waals surface area contributed by atoms with Crippen molar-refractivity contribution in [1.82, 2.24) is 38.9 Å². The van der Waals surface area contributed by atoms with Crippen molar-refractivity contribution in [3.63, 3.8) is 0 Å². The van der Waals surface area contributed by atoms with Crippen LogP contribution in [-0.4, -0.2) is 200 Å². The summed E-state index contributed by atoms with van der Waals surface area (Å²) in [4.78, 5) is 17.3. The molecular weight excluding hydrogens is 1580 g/mol. The predicted molar refractivity (Wildman–Crippen MR) is 455 cm³/mol. The lowest BCUT2D eigenvalue weighted by atomic mass is 9.93. The van der Waals surface area contributed by atoms with E-state index in [9.17, 15) is 30.0 Å². The zero-order valence-electron chi connectivity index (χ0n) is 85.7. The first-order valence-corrected chi connectivity index (χ1v) is 40.6. The van der Waals surface area contributed by atoms with E-state index in [1.165, 1.54) is 59.0 Å². The second kappa shape index (κ2) is 34.3. The molecule has 0 atom stereocenters. The highest BCUT2D eigenvalue weighted by atomic mass is 127. The average molecular weight is 1700 g/mol. The third kappa shape index (κ3) is 17.4. The van der Waals surface area contributed by atoms with Crippen molar-refractivity contribution in [1.29, 1.82) is 0 Å². The number of hydrogen-bond donors (Lipinski definition) is 3. The van der Waals surface area contributed by atoms with Gasteiger partial charge in [-0.05, 0) is 98.5 Å². The van der Waals surface area contributed by atoms with Crippen LogP contribution in [0.1, 0.15) is 45.6 Å². The number of rotatable bonds is 12. The number of alkyl halides is 1. The van der Waals surface area contributed by atoms with Crippen molar-refractivity contribution < 1.29 is 76.2 Å². The summed E-state index contributed by atoms with van der Waals surface area (Å²) in [7, 11) is 14.0. The molecule has 3 saturated heterocycles. The van der Waals surface area contributed by atoms with Crippen molar-refractivity contribution in [2.24, 2.45) is 0 Å². The van der Waals surface area contributed by atoms with Crippen LogP contribution in [0.15, 0.2) is 210 Å². The fraction of sp³-hybridized carbons (Fsp3) is 0.310. The third-order valence-electron chi connectivity index (χ3n) is 17.8. The van der Waals surface area contributed by atoms with Crippen molar-refractivity contribution >= 4 is 118 Å². The maximum Gasteiger partial charge on any atom is 0.261 e. The number of nitrogens with one attached hydrogen (secondary N) is 3. The SMILES string of the molecule is CN(C)c1ccc2c(-c3ccccc3S(=O)(=O)Cl)c3ccc(=[N+](C)C)cc-3oc2c1.[2H]C1([2H])N(C(=O)CI)C([2H])([2H])C([2H])([2H])N(S(=O)(=O)c2ccccc2-c2c3ccc(=[N+](C)C)cc-3oc3cc(N(C)C)ccc23)C1([2H])[2H].[2H]C1([2H])NC([2H])([2H])C([2H])([2H])C(S(=O)(=O)c2ccccc2-c2c3ccc(=[N+](C)C)cc-3oc3cc(N(C)C)ccc23)C1([2H])[2H].[2H]C1([2H])NC([2H])([2H])C([2H])([2H])NC1([2H])[2H]. The van der Waals surface area contributed by atoms with Crippen LogP contribution < -0.4 is 60.4 Å². The quantitative estimate of drug-likeness (QED) is 0.0340. The van der Waals surface area contributed by atoms with Crippen LogP contribution in [0, 0.1) is 0 Å². The fourth-order valence-electron chi connectivity index (χ4n) is 12.2. The van der Waals surface area contributed by atoms with Gasteiger partial charge in [-0.3, -0.25) is 4.79 Å². The summed E-state index contributed by atoms with van der Waals surface area (Å²) in [6.07, 6.45) is -6.74. The highest BCUT2D eigenvalue weighted by Gasteiger charge is 2.35. The molecule has 576 valence electrons. The van der Waals surface area contributed by atoms with Crippen LogP contribution in [0.25, 0.3) is 100 Å². The summed E-state index contributed by atoms with van der Waals surface area (Å²) in [5, 5.41) is 6.76. The number of nitrogens with zero attached hydrogens (tertiary/aromatic N) is 8. The Morgan fingerprint density at radius 3 is 1.15 bits per heavy atom. The summed E-state index contributed by atoms with van der Waals surface area (Å²) in [5.41, 5.74) is 8.22. The van der Waals surface area contributed by atoms with Gasteiger partial charge in [-0.25, -0.2) is 39.0 Å². The van der Waals surface area contributed by atoms with E-state index in [2.05, 4.69) is 0 Å². The highest BCUT2D eigenvalue weighted by molar-refractivity contribution is 14.1. The van der Waals surface area contributed by atoms with Gasteiger partial charge in [-0.1, -0.05) is 77.2 Å². The smallest absolute Gasteiger partial charge is 0.261 e. The lowest BCUT2D eigenvalue weighted by Gasteiger charge is -2.34. The van der Waals surface area contributed by atoms with Gasteiger partial charge in [-0.2, -0.15) is 4.31 Å². The molecule has 0 saturated carbocycles. The number of hydrogen-bond acceptors (Lipinski definition) is 16. The molecule has 21 nitrogen and oxygen atoms in total. The number of halogens is 2. The van der Waals surface area contributed by atoms with Crippen molar-refractivity contribution in [2.45, 2.75) is 32.7 Å². The number of piperazine rings is 2. The minimum atomic E-state index is -5.42. The molecule has 6 aromatic carbocycles. The van der Waals surface area contributed by atoms with Gasteiger partial charge in [0.1, 0.15) is 76.3 Å². The van der Waals surface area contributed by atoms with Crippen LogP contribution in [0.3, 0.4) is 0 Å². The minimum absolute atomic E-state index is 0.0204. The zero-order valence-corrected chi connectivity index (χ0v) is 67.1. The lowest BCUT2D eigenvalue weighted by Crippen LogP contribution is -2.50. The van der Waals surface area contributed by atoms with E-state index >= 15 is 0 Å². The molecule has 6 heterocycles. The third-order valence-corrected chi connectivity index (χ3v) is 23.3. The molecule has 3 aliphatic carbocycles. The van der Waals surface area contributed by atoms with Crippen LogP contribution >= 0.6 is 33.3 Å². The molecule has 3 N–H and O–H groups in total. The van der Waals surface area contributed by atoms with Crippen LogP contribution in [0.4, 0.5) is 17.1 Å². The van der Waals surface area contributed by atoms with Gasteiger partial charge in [0.05, 0.1) is 48.0 Å². The summed E-state index contributed by atoms with van der Waals surface area (Å²) in [5.74, 6) is 0.260. The molecular formula is C84H96ClIN11O10S3+3. The number of sulfone groups is 1. The molecule has 26 heteroatoms. The number of carbonyl (C=O) groups is 1. The van der Waals surface area contributed by atoms with Crippen molar-refractivity contribution in [3.05, 3.63) is 198 Å². The summed E-state index contributed by atoms with van der Waals surface area (Å²) in [6, 6.07) is 51.4. The van der Waals surface area contributed by atoms with Gasteiger partial charge in [0.25, 0.3) is 9.05 Å². The first kappa shape index (κ1) is 54.6. The number of carbonyl (C=O) groups excluding carboxylic acids is 1. The summed E-state index contributed by atoms with van der Waals surface area (Å²) in [6.45, 7) is -31.9. The molecule has 6 aliphatic heterocycles. The summed E-state index contributed by atoms with van der Waals surface area (Å²) >= 11 is 1.52. The number of sulfonamides is 1. The summed E-state index contributed by atoms with van der Waals surface area (Å²) < 4.78 is 300. The van der Waals surface area contributed by atoms with E-state index in [1.807, 2.05) is 192 Å². The highest BCUT2D eigenvalue weighted by Crippen LogP contribution is 2.47. The Morgan fingerprint density at radius 1 is 0.455 bits per heavy atom. The molecule has 9 aliphatic rings. The van der Waals surface area contributed by atoms with Gasteiger partial charge < -0.3 is 48.8 Å². The van der Waals surface area contributed by atoms with Gasteiger partial charge in [-0.15, -0.1) is 0 Å². The maximum atomic E-state index is 14.7. The Balaban J connectivity index is 0.000000171. The molecule has 0 unspecified atom stereocenters. The van der Waals surface area contributed by atoms with Crippen LogP contribution in [0.2, 0.25) is 0 Å². The second-order valence-corrected chi connectivity index (χ2v) is 33.3. The molecule has 6 aromatic rings. The molecule has 1 amide bonds. The van der Waals surface area contributed by atoms with Gasteiger partial charge >= 0.3 is 0 Å². The lowest BCUT2D eigenvalue weighted by molar-refractivity contribution is -0.129. The van der Waals surface area contributed by atoms with Crippen molar-refractivity contribution in [3.8, 4) is 67.4 Å². The number of benzene rings is 9. The largest absolute Gasteiger partial charge is 0.456 e. The van der Waals surface area contributed by atoms with E-state index in [4.69, 9.17) is 56.8 Å². The van der Waals surface area contributed by atoms with E-state index in [-0.39, 0.29) is 20.9 Å². The fourth-order valence-corrected chi connectivity index (χ4v) is 16.3. The van der Waals surface area contributed by atoms with E-state index in [0.717, 1.165) is 55.7 Å². The molecule has 0 bridgehead atoms. The predicted octanol–water partition coefficient (Wildman–Crippen LogP) is 10.8. The van der Waals surface area contributed by atoms with Crippen LogP contribution in [-0.2, 0) is 33.7 Å². The first-order chi connectivity index (χ1) is 61.4. The van der Waals surface area contributed by atoms with E-state index < -0.39 is 136 Å². The maximum absolute atomic E-state index is 14.7. The zero-order chi connectivity index (χ0) is 100. The molecule has 110 heavy (non-hydrogen) atoms. The standard InChI is InChI=1S/C29H32IN4O4S.C28H32N3O3S.C23H22ClN2O3S.C4H10N2/c1-31(2)20-9-11-22-25(17-20)38-26-18-21(32(3)4)10-12-23(26)29(22)24-7-5-6-8-27(24)39(36,37)34-15-13-33(14-16-34)28(35)19-30;1-30(2)19-9-11-22-25(17-19)34-26-18-20(31(3)4)10-12-23(26)28(22)24-7-5-6-8-27(24)35(32,33)21-13-15-29-16-14-21;1-25(2)15-9-11-17-20(13-15)29-21-14-16(26(3)4)10-12-18(21)23(17)19-7-5-6-8-22(19)30(24,27)28;1-2-6-4-3-5-1/h5-12,17-18H,13-16,19H2,1-4H3;5-12,17-18,21,29H,13-16H2,1-4H3;5-14H,1-4H3;5-6H,1-4H2/q3*+1;/i2*13D2,14D2,15D2,16D2;;1D2,2D2,3D2,4D2. The van der Waals surface area contributed by atoms with Crippen molar-refractivity contribution in [2.75, 3.05) is 169 Å². The Morgan fingerprint density at radius 2 is 0.791 bits per heavy atom. The average Bonchev–Trinajstić information content (AvgIpc) is 0.674. The Labute approximate surface area is 696 Å². The Kier molecular flexibility index (Phi) is 17.0. The molecule has 0 aromatic heterocycles. The molecule has 15 rings (SSSR count). The van der Waals surface area contributed by atoms with Gasteiger partial charge in [0.2, 0.25) is 32.0 Å². The minimum Gasteiger partial charge on any atom is -0.456 e. The molecule has 3 fully saturated rings. The topological polar surface area (TPSA) is 220 Å². The normalized spacial score (nSPS) is 23.2. The number of amides is 1. The Bertz CT molecular complexity index is 7080. The van der Waals surface area contributed by atoms with E-state index in [1.54, 1.807) is 76.6 Å². The van der Waals surface area contributed by atoms with Crippen LogP contribution in [0.5, 0.6) is 0 Å². The van der Waals surface area contributed by atoms with Gasteiger partial charge in [0.15, 0.2) is 9.84 Å². The number of piperidine rings is 1. The number of fused-ring (bicyclic) bond motifs is 6. The van der Waals surface area contributed by atoms with Gasteiger partial charge in [0, 0.05) is 252 Å². The molecule has 0 radical (unpaired) electrons. The van der Waals surface area contributed by atoms with E-state index in [0.29, 0.717) is 72.6 Å². The number of anilines is 3.